The Bertz CT molecular complexity index is 340. The van der Waals surface area contributed by atoms with E-state index in [-0.39, 0.29) is 11.6 Å². The Morgan fingerprint density at radius 1 is 1.62 bits per heavy atom. The SMILES string of the molecule is CC(=O)C(Br)c1cccc(F)c1I. The minimum Gasteiger partial charge on any atom is -0.298 e. The second kappa shape index (κ2) is 4.50. The van der Waals surface area contributed by atoms with E-state index in [1.54, 1.807) is 12.1 Å². The molecule has 0 fully saturated rings. The van der Waals surface area contributed by atoms with Crippen LogP contribution in [-0.4, -0.2) is 5.78 Å². The van der Waals surface area contributed by atoms with Crippen LogP contribution in [-0.2, 0) is 4.79 Å². The monoisotopic (exact) mass is 356 g/mol. The molecule has 0 saturated carbocycles. The Balaban J connectivity index is 3.15. The summed E-state index contributed by atoms with van der Waals surface area (Å²) in [6.07, 6.45) is 0. The second-order valence-corrected chi connectivity index (χ2v) is 4.61. The van der Waals surface area contributed by atoms with Gasteiger partial charge in [-0.05, 0) is 41.1 Å². The first-order valence-corrected chi connectivity index (χ1v) is 5.62. The zero-order valence-electron chi connectivity index (χ0n) is 6.85. The summed E-state index contributed by atoms with van der Waals surface area (Å²) in [6, 6.07) is 4.72. The Morgan fingerprint density at radius 3 is 2.77 bits per heavy atom. The van der Waals surface area contributed by atoms with Gasteiger partial charge in [-0.15, -0.1) is 0 Å². The van der Waals surface area contributed by atoms with Gasteiger partial charge in [-0.1, -0.05) is 28.1 Å². The Morgan fingerprint density at radius 2 is 2.23 bits per heavy atom. The van der Waals surface area contributed by atoms with Crippen molar-refractivity contribution in [2.24, 2.45) is 0 Å². The number of Topliss-reactive ketones (excluding diaryl/α,β-unsaturated/α-hetero) is 1. The van der Waals surface area contributed by atoms with E-state index in [4.69, 9.17) is 0 Å². The Labute approximate surface area is 98.0 Å². The third-order valence-corrected chi connectivity index (χ3v) is 3.89. The summed E-state index contributed by atoms with van der Waals surface area (Å²) in [5.41, 5.74) is 0.688. The zero-order chi connectivity index (χ0) is 10.0. The second-order valence-electron chi connectivity index (χ2n) is 2.62. The third kappa shape index (κ3) is 2.49. The maximum Gasteiger partial charge on any atom is 0.147 e. The van der Waals surface area contributed by atoms with Crippen LogP contribution >= 0.6 is 38.5 Å². The fourth-order valence-corrected chi connectivity index (χ4v) is 2.42. The summed E-state index contributed by atoms with van der Waals surface area (Å²) in [6.45, 7) is 1.47. The molecule has 4 heteroatoms. The van der Waals surface area contributed by atoms with Crippen molar-refractivity contribution in [2.75, 3.05) is 0 Å². The van der Waals surface area contributed by atoms with Crippen LogP contribution in [0.1, 0.15) is 17.3 Å². The highest BCUT2D eigenvalue weighted by Gasteiger charge is 2.17. The first kappa shape index (κ1) is 11.1. The normalized spacial score (nSPS) is 12.6. The predicted octanol–water partition coefficient (Wildman–Crippen LogP) is 3.46. The van der Waals surface area contributed by atoms with Crippen LogP contribution in [0.4, 0.5) is 4.39 Å². The summed E-state index contributed by atoms with van der Waals surface area (Å²) in [7, 11) is 0. The third-order valence-electron chi connectivity index (χ3n) is 1.61. The van der Waals surface area contributed by atoms with Crippen LogP contribution in [0, 0.1) is 9.39 Å². The Hall–Kier alpha value is 0.0300. The molecular formula is C9H7BrFIO. The van der Waals surface area contributed by atoms with Gasteiger partial charge in [0.2, 0.25) is 0 Å². The standard InChI is InChI=1S/C9H7BrFIO/c1-5(13)8(10)6-3-2-4-7(11)9(6)12/h2-4,8H,1H3. The van der Waals surface area contributed by atoms with E-state index in [9.17, 15) is 9.18 Å². The number of benzene rings is 1. The largest absolute Gasteiger partial charge is 0.298 e. The van der Waals surface area contributed by atoms with Crippen molar-refractivity contribution in [2.45, 2.75) is 11.8 Å². The van der Waals surface area contributed by atoms with E-state index in [0.717, 1.165) is 0 Å². The molecule has 1 unspecified atom stereocenters. The quantitative estimate of drug-likeness (QED) is 0.586. The van der Waals surface area contributed by atoms with Gasteiger partial charge in [0, 0.05) is 0 Å². The van der Waals surface area contributed by atoms with E-state index in [1.165, 1.54) is 13.0 Å². The number of rotatable bonds is 2. The molecule has 0 radical (unpaired) electrons. The number of alkyl halides is 1. The van der Waals surface area contributed by atoms with Crippen LogP contribution in [0.2, 0.25) is 0 Å². The fraction of sp³-hybridized carbons (Fsp3) is 0.222. The summed E-state index contributed by atoms with van der Waals surface area (Å²) >= 11 is 5.11. The van der Waals surface area contributed by atoms with Gasteiger partial charge in [0.1, 0.15) is 11.6 Å². The van der Waals surface area contributed by atoms with Gasteiger partial charge >= 0.3 is 0 Å². The molecule has 0 aliphatic rings. The van der Waals surface area contributed by atoms with Crippen molar-refractivity contribution in [1.82, 2.24) is 0 Å². The predicted molar refractivity (Wildman–Crippen MR) is 61.5 cm³/mol. The van der Waals surface area contributed by atoms with Crippen molar-refractivity contribution >= 4 is 44.3 Å². The molecule has 1 atom stereocenters. The highest BCUT2D eigenvalue weighted by Crippen LogP contribution is 2.29. The number of carbonyl (C=O) groups is 1. The number of halogens is 3. The lowest BCUT2D eigenvalue weighted by atomic mass is 10.1. The lowest BCUT2D eigenvalue weighted by Crippen LogP contribution is -2.04. The van der Waals surface area contributed by atoms with Crippen molar-refractivity contribution < 1.29 is 9.18 Å². The summed E-state index contributed by atoms with van der Waals surface area (Å²) in [5.74, 6) is -0.313. The van der Waals surface area contributed by atoms with Crippen molar-refractivity contribution in [3.8, 4) is 0 Å². The minimum absolute atomic E-state index is 0.0245. The molecule has 0 N–H and O–H groups in total. The molecular weight excluding hydrogens is 350 g/mol. The molecule has 0 saturated heterocycles. The number of ketones is 1. The molecule has 0 bridgehead atoms. The first-order chi connectivity index (χ1) is 6.04. The molecule has 0 spiro atoms. The average molecular weight is 357 g/mol. The molecule has 0 aliphatic carbocycles. The molecule has 0 heterocycles. The van der Waals surface area contributed by atoms with Gasteiger partial charge in [-0.25, -0.2) is 4.39 Å². The molecule has 70 valence electrons. The molecule has 1 rings (SSSR count). The van der Waals surface area contributed by atoms with E-state index in [2.05, 4.69) is 15.9 Å². The van der Waals surface area contributed by atoms with Crippen LogP contribution in [0.3, 0.4) is 0 Å². The van der Waals surface area contributed by atoms with E-state index >= 15 is 0 Å². The van der Waals surface area contributed by atoms with Gasteiger partial charge < -0.3 is 0 Å². The van der Waals surface area contributed by atoms with Crippen LogP contribution < -0.4 is 0 Å². The average Bonchev–Trinajstić information content (AvgIpc) is 2.08. The van der Waals surface area contributed by atoms with Crippen LogP contribution in [0.15, 0.2) is 18.2 Å². The van der Waals surface area contributed by atoms with Gasteiger partial charge in [-0.2, -0.15) is 0 Å². The fourth-order valence-electron chi connectivity index (χ4n) is 0.935. The number of hydrogen-bond acceptors (Lipinski definition) is 1. The van der Waals surface area contributed by atoms with E-state index < -0.39 is 4.83 Å². The van der Waals surface area contributed by atoms with Crippen LogP contribution in [0.25, 0.3) is 0 Å². The highest BCUT2D eigenvalue weighted by atomic mass is 127. The molecule has 0 amide bonds. The minimum atomic E-state index is -0.407. The summed E-state index contributed by atoms with van der Waals surface area (Å²) < 4.78 is 13.6. The Kier molecular flexibility index (Phi) is 3.85. The lowest BCUT2D eigenvalue weighted by Gasteiger charge is -2.08. The van der Waals surface area contributed by atoms with Crippen LogP contribution in [0.5, 0.6) is 0 Å². The van der Waals surface area contributed by atoms with Crippen molar-refractivity contribution in [3.63, 3.8) is 0 Å². The maximum absolute atomic E-state index is 13.1. The number of carbonyl (C=O) groups excluding carboxylic acids is 1. The smallest absolute Gasteiger partial charge is 0.147 e. The summed E-state index contributed by atoms with van der Waals surface area (Å²) in [4.78, 5) is 10.6. The van der Waals surface area contributed by atoms with E-state index in [1.807, 2.05) is 22.6 Å². The zero-order valence-corrected chi connectivity index (χ0v) is 10.6. The van der Waals surface area contributed by atoms with Gasteiger partial charge in [0.25, 0.3) is 0 Å². The number of hydrogen-bond donors (Lipinski definition) is 0. The molecule has 1 aromatic carbocycles. The molecule has 13 heavy (non-hydrogen) atoms. The van der Waals surface area contributed by atoms with Gasteiger partial charge in [0.05, 0.1) is 8.40 Å². The van der Waals surface area contributed by atoms with Crippen molar-refractivity contribution in [1.29, 1.82) is 0 Å². The molecule has 1 nitrogen and oxygen atoms in total. The maximum atomic E-state index is 13.1. The first-order valence-electron chi connectivity index (χ1n) is 3.62. The topological polar surface area (TPSA) is 17.1 Å². The van der Waals surface area contributed by atoms with E-state index in [0.29, 0.717) is 9.13 Å². The molecule has 0 aliphatic heterocycles. The van der Waals surface area contributed by atoms with Gasteiger partial charge in [0.15, 0.2) is 0 Å². The van der Waals surface area contributed by atoms with Gasteiger partial charge in [-0.3, -0.25) is 4.79 Å². The highest BCUT2D eigenvalue weighted by molar-refractivity contribution is 14.1. The molecule has 0 aromatic heterocycles. The summed E-state index contributed by atoms with van der Waals surface area (Å²) in [5, 5.41) is 0. The van der Waals surface area contributed by atoms with Crippen molar-refractivity contribution in [3.05, 3.63) is 33.1 Å². The molecule has 1 aromatic rings. The lowest BCUT2D eigenvalue weighted by molar-refractivity contribution is -0.116.